The first-order valence-electron chi connectivity index (χ1n) is 15.5. The molecule has 7 aromatic rings. The molecule has 0 N–H and O–H groups in total. The van der Waals surface area contributed by atoms with Crippen molar-refractivity contribution in [3.63, 3.8) is 0 Å². The smallest absolute Gasteiger partial charge is 0.267 e. The van der Waals surface area contributed by atoms with Crippen LogP contribution in [0.5, 0.6) is 0 Å². The van der Waals surface area contributed by atoms with Gasteiger partial charge in [-0.05, 0) is 59.4 Å². The Balaban J connectivity index is 1.47. The Labute approximate surface area is 267 Å². The molecule has 2 amide bonds. The molecular weight excluding hydrogens is 564 g/mol. The van der Waals surface area contributed by atoms with Crippen molar-refractivity contribution in [1.29, 1.82) is 0 Å². The van der Waals surface area contributed by atoms with E-state index in [1.807, 2.05) is 89.6 Å². The van der Waals surface area contributed by atoms with Gasteiger partial charge in [0.15, 0.2) is 0 Å². The van der Waals surface area contributed by atoms with Crippen molar-refractivity contribution in [2.24, 2.45) is 0 Å². The second kappa shape index (κ2) is 11.5. The van der Waals surface area contributed by atoms with E-state index in [0.29, 0.717) is 11.1 Å². The topological polar surface area (TPSA) is 42.3 Å². The van der Waals surface area contributed by atoms with E-state index in [4.69, 9.17) is 0 Å². The number of amides is 2. The molecule has 0 saturated heterocycles. The molecule has 1 aliphatic heterocycles. The number of carbonyl (C=O) groups excluding carboxylic acids is 2. The van der Waals surface area contributed by atoms with Gasteiger partial charge in [-0.15, -0.1) is 0 Å². The van der Waals surface area contributed by atoms with Crippen molar-refractivity contribution in [2.75, 3.05) is 5.01 Å². The lowest BCUT2D eigenvalue weighted by molar-refractivity contribution is 0.0888. The number of carbonyl (C=O) groups is 2. The summed E-state index contributed by atoms with van der Waals surface area (Å²) >= 11 is 0. The van der Waals surface area contributed by atoms with E-state index < -0.39 is 0 Å². The molecule has 0 spiro atoms. The van der Waals surface area contributed by atoms with Crippen molar-refractivity contribution in [3.05, 3.63) is 191 Å². The van der Waals surface area contributed by atoms with Crippen molar-refractivity contribution >= 4 is 22.6 Å². The third-order valence-electron chi connectivity index (χ3n) is 8.82. The lowest BCUT2D eigenvalue weighted by Gasteiger charge is -2.22. The molecule has 4 heteroatoms. The Bertz CT molecular complexity index is 2060. The molecule has 4 nitrogen and oxygen atoms in total. The highest BCUT2D eigenvalue weighted by molar-refractivity contribution is 6.31. The minimum absolute atomic E-state index is 0.329. The van der Waals surface area contributed by atoms with Gasteiger partial charge in [0, 0.05) is 21.9 Å². The normalized spacial score (nSPS) is 12.6. The third-order valence-corrected chi connectivity index (χ3v) is 8.82. The van der Waals surface area contributed by atoms with Crippen LogP contribution < -0.4 is 5.01 Å². The van der Waals surface area contributed by atoms with E-state index in [9.17, 15) is 9.59 Å². The number of benzene rings is 6. The van der Waals surface area contributed by atoms with Crippen LogP contribution in [0, 0.1) is 0 Å². The van der Waals surface area contributed by atoms with Gasteiger partial charge in [0.1, 0.15) is 0 Å². The summed E-state index contributed by atoms with van der Waals surface area (Å²) < 4.78 is 1.87. The largest absolute Gasteiger partial charge is 0.281 e. The maximum absolute atomic E-state index is 14.2. The number of hydrogen-bond donors (Lipinski definition) is 0. The van der Waals surface area contributed by atoms with Gasteiger partial charge in [0.2, 0.25) is 0 Å². The molecule has 220 valence electrons. The Hall–Kier alpha value is -6.00. The molecule has 0 atom stereocenters. The maximum atomic E-state index is 14.2. The highest BCUT2D eigenvalue weighted by Crippen LogP contribution is 2.43. The summed E-state index contributed by atoms with van der Waals surface area (Å²) in [7, 11) is 0. The standard InChI is InChI=1S/C42H30N2O2/c45-41-35-23-13-14-24-36(35)42(46)44(41)43-39(31-19-9-3-10-20-31)37-27-33(25-29-15-5-1-6-16-29)34(26-30-17-7-2-8-18-30)28-38(37)40(43)32-21-11-4-12-22-32/h1-24,27-28H,25-26H2. The summed E-state index contributed by atoms with van der Waals surface area (Å²) in [5.41, 5.74) is 9.16. The molecule has 1 aliphatic rings. The SMILES string of the molecule is O=C1c2ccccc2C(=O)N1n1c(-c2ccccc2)c2cc(Cc3ccccc3)c(Cc3ccccc3)cc2c1-c1ccccc1. The predicted molar refractivity (Wildman–Crippen MR) is 185 cm³/mol. The zero-order valence-electron chi connectivity index (χ0n) is 25.1. The Kier molecular flexibility index (Phi) is 6.88. The minimum Gasteiger partial charge on any atom is -0.267 e. The summed E-state index contributed by atoms with van der Waals surface area (Å²) in [5.74, 6) is -0.659. The van der Waals surface area contributed by atoms with Crippen LogP contribution in [0.4, 0.5) is 0 Å². The van der Waals surface area contributed by atoms with Gasteiger partial charge in [-0.3, -0.25) is 9.59 Å². The zero-order chi connectivity index (χ0) is 31.0. The fourth-order valence-corrected chi connectivity index (χ4v) is 6.69. The minimum atomic E-state index is -0.329. The van der Waals surface area contributed by atoms with Crippen LogP contribution in [0.15, 0.2) is 158 Å². The molecule has 6 aromatic carbocycles. The second-order valence-electron chi connectivity index (χ2n) is 11.7. The van der Waals surface area contributed by atoms with Crippen molar-refractivity contribution in [2.45, 2.75) is 12.8 Å². The van der Waals surface area contributed by atoms with Crippen LogP contribution in [0.3, 0.4) is 0 Å². The van der Waals surface area contributed by atoms with Gasteiger partial charge in [-0.25, -0.2) is 4.68 Å². The number of aromatic nitrogens is 1. The Morgan fingerprint density at radius 3 is 1.15 bits per heavy atom. The second-order valence-corrected chi connectivity index (χ2v) is 11.7. The maximum Gasteiger partial charge on any atom is 0.281 e. The van der Waals surface area contributed by atoms with Crippen LogP contribution in [0.2, 0.25) is 0 Å². The first-order chi connectivity index (χ1) is 22.7. The van der Waals surface area contributed by atoms with E-state index >= 15 is 0 Å². The van der Waals surface area contributed by atoms with Gasteiger partial charge in [0.05, 0.1) is 22.5 Å². The molecule has 46 heavy (non-hydrogen) atoms. The molecule has 2 heterocycles. The van der Waals surface area contributed by atoms with Crippen LogP contribution >= 0.6 is 0 Å². The Morgan fingerprint density at radius 2 is 0.761 bits per heavy atom. The number of rotatable bonds is 7. The summed E-state index contributed by atoms with van der Waals surface area (Å²) in [6.45, 7) is 0. The van der Waals surface area contributed by atoms with Crippen LogP contribution in [0.25, 0.3) is 33.3 Å². The van der Waals surface area contributed by atoms with Crippen molar-refractivity contribution < 1.29 is 9.59 Å². The van der Waals surface area contributed by atoms with E-state index in [1.165, 1.54) is 27.3 Å². The average Bonchev–Trinajstić information content (AvgIpc) is 3.56. The van der Waals surface area contributed by atoms with Gasteiger partial charge < -0.3 is 0 Å². The van der Waals surface area contributed by atoms with Crippen LogP contribution in [-0.4, -0.2) is 16.5 Å². The first kappa shape index (κ1) is 27.5. The predicted octanol–water partition coefficient (Wildman–Crippen LogP) is 9.09. The Morgan fingerprint density at radius 1 is 0.413 bits per heavy atom. The lowest BCUT2D eigenvalue weighted by Crippen LogP contribution is -2.40. The quantitative estimate of drug-likeness (QED) is 0.173. The van der Waals surface area contributed by atoms with Gasteiger partial charge in [-0.2, -0.15) is 5.01 Å². The van der Waals surface area contributed by atoms with E-state index in [-0.39, 0.29) is 11.8 Å². The summed E-state index contributed by atoms with van der Waals surface area (Å²) in [4.78, 5) is 28.3. The molecular formula is C42H30N2O2. The summed E-state index contributed by atoms with van der Waals surface area (Å²) in [6, 6.07) is 52.8. The number of imide groups is 1. The molecule has 1 aromatic heterocycles. The van der Waals surface area contributed by atoms with Gasteiger partial charge in [0.25, 0.3) is 11.8 Å². The van der Waals surface area contributed by atoms with E-state index in [2.05, 4.69) is 60.7 Å². The van der Waals surface area contributed by atoms with Gasteiger partial charge >= 0.3 is 0 Å². The van der Waals surface area contributed by atoms with Gasteiger partial charge in [-0.1, -0.05) is 133 Å². The number of hydrogen-bond acceptors (Lipinski definition) is 2. The van der Waals surface area contributed by atoms with E-state index in [1.54, 1.807) is 12.1 Å². The molecule has 0 aliphatic carbocycles. The number of fused-ring (bicyclic) bond motifs is 2. The highest BCUT2D eigenvalue weighted by Gasteiger charge is 2.40. The summed E-state index contributed by atoms with van der Waals surface area (Å²) in [5, 5.41) is 3.32. The number of nitrogens with zero attached hydrogens (tertiary/aromatic N) is 2. The monoisotopic (exact) mass is 594 g/mol. The molecule has 0 saturated carbocycles. The lowest BCUT2D eigenvalue weighted by atomic mass is 9.91. The fourth-order valence-electron chi connectivity index (χ4n) is 6.69. The average molecular weight is 595 g/mol. The van der Waals surface area contributed by atoms with E-state index in [0.717, 1.165) is 46.1 Å². The molecule has 0 radical (unpaired) electrons. The molecule has 8 rings (SSSR count). The zero-order valence-corrected chi connectivity index (χ0v) is 25.1. The first-order valence-corrected chi connectivity index (χ1v) is 15.5. The molecule has 0 unspecified atom stereocenters. The highest BCUT2D eigenvalue weighted by atomic mass is 16.2. The van der Waals surface area contributed by atoms with Crippen molar-refractivity contribution in [3.8, 4) is 22.5 Å². The van der Waals surface area contributed by atoms with Crippen LogP contribution in [-0.2, 0) is 12.8 Å². The fraction of sp³-hybridized carbons (Fsp3) is 0.0476. The molecule has 0 fully saturated rings. The third kappa shape index (κ3) is 4.72. The van der Waals surface area contributed by atoms with Crippen molar-refractivity contribution in [1.82, 2.24) is 4.68 Å². The molecule has 0 bridgehead atoms. The van der Waals surface area contributed by atoms with Crippen LogP contribution in [0.1, 0.15) is 43.0 Å². The summed E-state index contributed by atoms with van der Waals surface area (Å²) in [6.07, 6.45) is 1.51.